The number of amides is 2. The molecule has 3 atom stereocenters. The van der Waals surface area contributed by atoms with E-state index in [4.69, 9.17) is 4.74 Å². The lowest BCUT2D eigenvalue weighted by molar-refractivity contribution is -0.134. The third-order valence-corrected chi connectivity index (χ3v) is 3.41. The van der Waals surface area contributed by atoms with Crippen molar-refractivity contribution in [1.29, 1.82) is 0 Å². The minimum Gasteiger partial charge on any atom is -0.373 e. The first-order valence-corrected chi connectivity index (χ1v) is 6.30. The summed E-state index contributed by atoms with van der Waals surface area (Å²) in [6.45, 7) is 4.90. The topological polar surface area (TPSA) is 58.6 Å². The summed E-state index contributed by atoms with van der Waals surface area (Å²) in [5, 5.41) is 2.68. The SMILES string of the molecule is CC1CCC(CN2CCC(=O)NC(C)C2=O)O1. The van der Waals surface area contributed by atoms with Crippen molar-refractivity contribution in [2.75, 3.05) is 13.1 Å². The number of rotatable bonds is 2. The number of hydrogen-bond acceptors (Lipinski definition) is 3. The van der Waals surface area contributed by atoms with Gasteiger partial charge in [0, 0.05) is 19.5 Å². The number of ether oxygens (including phenoxy) is 1. The Morgan fingerprint density at radius 3 is 2.76 bits per heavy atom. The Balaban J connectivity index is 1.94. The number of nitrogens with one attached hydrogen (secondary N) is 1. The van der Waals surface area contributed by atoms with E-state index in [-0.39, 0.29) is 17.9 Å². The van der Waals surface area contributed by atoms with Crippen LogP contribution in [0.5, 0.6) is 0 Å². The van der Waals surface area contributed by atoms with Gasteiger partial charge < -0.3 is 15.0 Å². The molecule has 5 heteroatoms. The van der Waals surface area contributed by atoms with Gasteiger partial charge in [-0.3, -0.25) is 9.59 Å². The molecule has 0 aromatic rings. The predicted molar refractivity (Wildman–Crippen MR) is 62.4 cm³/mol. The van der Waals surface area contributed by atoms with Crippen LogP contribution < -0.4 is 5.32 Å². The first-order chi connectivity index (χ1) is 8.06. The lowest BCUT2D eigenvalue weighted by Gasteiger charge is -2.25. The van der Waals surface area contributed by atoms with Crippen LogP contribution in [-0.2, 0) is 14.3 Å². The zero-order valence-electron chi connectivity index (χ0n) is 10.4. The largest absolute Gasteiger partial charge is 0.373 e. The van der Waals surface area contributed by atoms with Crippen molar-refractivity contribution in [2.24, 2.45) is 0 Å². The summed E-state index contributed by atoms with van der Waals surface area (Å²) in [5.74, 6) is -0.0481. The Hall–Kier alpha value is -1.10. The van der Waals surface area contributed by atoms with Crippen LogP contribution in [0, 0.1) is 0 Å². The van der Waals surface area contributed by atoms with Crippen LogP contribution in [0.25, 0.3) is 0 Å². The Bertz CT molecular complexity index is 319. The van der Waals surface area contributed by atoms with Crippen LogP contribution in [0.4, 0.5) is 0 Å². The number of hydrogen-bond donors (Lipinski definition) is 1. The van der Waals surface area contributed by atoms with Gasteiger partial charge in [0.2, 0.25) is 11.8 Å². The van der Waals surface area contributed by atoms with E-state index in [1.165, 1.54) is 0 Å². The summed E-state index contributed by atoms with van der Waals surface area (Å²) in [5.41, 5.74) is 0. The van der Waals surface area contributed by atoms with Gasteiger partial charge in [-0.1, -0.05) is 0 Å². The first kappa shape index (κ1) is 12.4. The molecule has 2 saturated heterocycles. The molecule has 0 aromatic heterocycles. The zero-order chi connectivity index (χ0) is 12.4. The molecule has 2 aliphatic rings. The zero-order valence-corrected chi connectivity index (χ0v) is 10.4. The number of carbonyl (C=O) groups is 2. The Kier molecular flexibility index (Phi) is 3.66. The van der Waals surface area contributed by atoms with Crippen LogP contribution in [-0.4, -0.2) is 48.1 Å². The maximum Gasteiger partial charge on any atom is 0.244 e. The van der Waals surface area contributed by atoms with E-state index < -0.39 is 6.04 Å². The molecule has 0 bridgehead atoms. The molecular formula is C12H20N2O3. The van der Waals surface area contributed by atoms with E-state index in [2.05, 4.69) is 12.2 Å². The lowest BCUT2D eigenvalue weighted by Crippen LogP contribution is -2.45. The van der Waals surface area contributed by atoms with Gasteiger partial charge in [-0.2, -0.15) is 0 Å². The average Bonchev–Trinajstić information content (AvgIpc) is 2.64. The third-order valence-electron chi connectivity index (χ3n) is 3.41. The summed E-state index contributed by atoms with van der Waals surface area (Å²) in [7, 11) is 0. The highest BCUT2D eigenvalue weighted by atomic mass is 16.5. The Labute approximate surface area is 101 Å². The van der Waals surface area contributed by atoms with Crippen LogP contribution in [0.3, 0.4) is 0 Å². The van der Waals surface area contributed by atoms with Crippen molar-refractivity contribution in [2.45, 2.75) is 51.4 Å². The molecule has 2 rings (SSSR count). The second-order valence-electron chi connectivity index (χ2n) is 4.97. The number of carbonyl (C=O) groups excluding carboxylic acids is 2. The predicted octanol–water partition coefficient (Wildman–Crippen LogP) is 0.291. The highest BCUT2D eigenvalue weighted by Crippen LogP contribution is 2.20. The third kappa shape index (κ3) is 2.97. The highest BCUT2D eigenvalue weighted by molar-refractivity contribution is 5.89. The van der Waals surface area contributed by atoms with Crippen LogP contribution in [0.2, 0.25) is 0 Å². The van der Waals surface area contributed by atoms with E-state index in [1.807, 2.05) is 0 Å². The van der Waals surface area contributed by atoms with Crippen molar-refractivity contribution in [3.8, 4) is 0 Å². The van der Waals surface area contributed by atoms with Crippen LogP contribution in [0.1, 0.15) is 33.1 Å². The second-order valence-corrected chi connectivity index (χ2v) is 4.97. The van der Waals surface area contributed by atoms with E-state index >= 15 is 0 Å². The van der Waals surface area contributed by atoms with Crippen LogP contribution in [0.15, 0.2) is 0 Å². The van der Waals surface area contributed by atoms with Gasteiger partial charge in [-0.15, -0.1) is 0 Å². The smallest absolute Gasteiger partial charge is 0.244 e. The summed E-state index contributed by atoms with van der Waals surface area (Å²) in [6.07, 6.45) is 2.87. The fourth-order valence-corrected chi connectivity index (χ4v) is 2.44. The fourth-order valence-electron chi connectivity index (χ4n) is 2.44. The van der Waals surface area contributed by atoms with Gasteiger partial charge in [-0.05, 0) is 26.7 Å². The molecule has 2 heterocycles. The first-order valence-electron chi connectivity index (χ1n) is 6.30. The van der Waals surface area contributed by atoms with Crippen molar-refractivity contribution in [3.05, 3.63) is 0 Å². The molecule has 0 aliphatic carbocycles. The maximum atomic E-state index is 12.0. The van der Waals surface area contributed by atoms with Crippen molar-refractivity contribution in [1.82, 2.24) is 10.2 Å². The molecule has 3 unspecified atom stereocenters. The molecule has 0 saturated carbocycles. The van der Waals surface area contributed by atoms with Gasteiger partial charge >= 0.3 is 0 Å². The minimum absolute atomic E-state index is 0.000923. The highest BCUT2D eigenvalue weighted by Gasteiger charge is 2.30. The average molecular weight is 240 g/mol. The van der Waals surface area contributed by atoms with E-state index in [9.17, 15) is 9.59 Å². The molecule has 17 heavy (non-hydrogen) atoms. The molecule has 2 fully saturated rings. The lowest BCUT2D eigenvalue weighted by atomic mass is 10.2. The minimum atomic E-state index is -0.413. The van der Waals surface area contributed by atoms with Crippen molar-refractivity contribution >= 4 is 11.8 Å². The van der Waals surface area contributed by atoms with Crippen molar-refractivity contribution in [3.63, 3.8) is 0 Å². The standard InChI is InChI=1S/C12H20N2O3/c1-8-3-4-10(17-8)7-14-6-5-11(15)13-9(2)12(14)16/h8-10H,3-7H2,1-2H3,(H,13,15). The van der Waals surface area contributed by atoms with E-state index in [0.29, 0.717) is 25.6 Å². The Morgan fingerprint density at radius 2 is 2.12 bits per heavy atom. The summed E-state index contributed by atoms with van der Waals surface area (Å²) < 4.78 is 5.72. The monoisotopic (exact) mass is 240 g/mol. The second kappa shape index (κ2) is 5.04. The normalized spacial score (nSPS) is 34.7. The van der Waals surface area contributed by atoms with E-state index in [1.54, 1.807) is 11.8 Å². The summed E-state index contributed by atoms with van der Waals surface area (Å²) in [6, 6.07) is -0.413. The molecule has 96 valence electrons. The van der Waals surface area contributed by atoms with Gasteiger partial charge in [-0.25, -0.2) is 0 Å². The molecule has 1 N–H and O–H groups in total. The molecular weight excluding hydrogens is 220 g/mol. The summed E-state index contributed by atoms with van der Waals surface area (Å²) in [4.78, 5) is 25.1. The fraction of sp³-hybridized carbons (Fsp3) is 0.833. The molecule has 0 aromatic carbocycles. The maximum absolute atomic E-state index is 12.0. The quantitative estimate of drug-likeness (QED) is 0.755. The van der Waals surface area contributed by atoms with Gasteiger partial charge in [0.05, 0.1) is 12.2 Å². The Morgan fingerprint density at radius 1 is 1.35 bits per heavy atom. The van der Waals surface area contributed by atoms with Gasteiger partial charge in [0.25, 0.3) is 0 Å². The molecule has 2 aliphatic heterocycles. The van der Waals surface area contributed by atoms with Gasteiger partial charge in [0.15, 0.2) is 0 Å². The van der Waals surface area contributed by atoms with Gasteiger partial charge in [0.1, 0.15) is 6.04 Å². The molecule has 0 spiro atoms. The number of nitrogens with zero attached hydrogens (tertiary/aromatic N) is 1. The van der Waals surface area contributed by atoms with Crippen molar-refractivity contribution < 1.29 is 14.3 Å². The molecule has 2 amide bonds. The van der Waals surface area contributed by atoms with Crippen LogP contribution >= 0.6 is 0 Å². The van der Waals surface area contributed by atoms with E-state index in [0.717, 1.165) is 12.8 Å². The molecule has 5 nitrogen and oxygen atoms in total. The molecule has 0 radical (unpaired) electrons. The summed E-state index contributed by atoms with van der Waals surface area (Å²) >= 11 is 0.